The number of rotatable bonds is 6. The van der Waals surface area contributed by atoms with E-state index in [0.717, 1.165) is 23.7 Å². The smallest absolute Gasteiger partial charge is 0.335 e. The highest BCUT2D eigenvalue weighted by Gasteiger charge is 2.28. The fourth-order valence-corrected chi connectivity index (χ4v) is 1.92. The zero-order chi connectivity index (χ0) is 16.0. The Balaban J connectivity index is 2.44. The Morgan fingerprint density at radius 2 is 2.10 bits per heavy atom. The van der Waals surface area contributed by atoms with Gasteiger partial charge in [0.25, 0.3) is 0 Å². The molecule has 0 aromatic carbocycles. The van der Waals surface area contributed by atoms with Crippen LogP contribution in [-0.4, -0.2) is 28.0 Å². The molecule has 0 saturated carbocycles. The van der Waals surface area contributed by atoms with Crippen molar-refractivity contribution in [3.05, 3.63) is 12.4 Å². The van der Waals surface area contributed by atoms with Gasteiger partial charge in [0.1, 0.15) is 6.54 Å². The number of aromatic nitrogens is 2. The van der Waals surface area contributed by atoms with E-state index in [0.29, 0.717) is 5.92 Å². The Hall–Kier alpha value is -1.73. The van der Waals surface area contributed by atoms with Crippen molar-refractivity contribution < 1.29 is 18.0 Å². The molecule has 1 heterocycles. The third-order valence-corrected chi connectivity index (χ3v) is 3.06. The number of alkyl halides is 3. The molecule has 120 valence electrons. The van der Waals surface area contributed by atoms with Crippen molar-refractivity contribution in [1.82, 2.24) is 15.1 Å². The predicted octanol–water partition coefficient (Wildman–Crippen LogP) is 3.39. The minimum absolute atomic E-state index is 0.00910. The number of urea groups is 1. The van der Waals surface area contributed by atoms with Gasteiger partial charge in [-0.05, 0) is 19.3 Å². The number of carbonyl (C=O) groups excluding carboxylic acids is 1. The van der Waals surface area contributed by atoms with Crippen molar-refractivity contribution in [2.45, 2.75) is 52.4 Å². The summed E-state index contributed by atoms with van der Waals surface area (Å²) in [5.41, 5.74) is 0.229. The average Bonchev–Trinajstić information content (AvgIpc) is 2.72. The normalized spacial score (nSPS) is 14.6. The van der Waals surface area contributed by atoms with Gasteiger partial charge in [-0.25, -0.2) is 4.79 Å². The molecule has 0 spiro atoms. The fraction of sp³-hybridized carbons (Fsp3) is 0.692. The maximum absolute atomic E-state index is 12.2. The molecule has 5 nitrogen and oxygen atoms in total. The van der Waals surface area contributed by atoms with Gasteiger partial charge in [-0.1, -0.05) is 20.3 Å². The van der Waals surface area contributed by atoms with Crippen LogP contribution in [0.25, 0.3) is 0 Å². The Labute approximate surface area is 121 Å². The van der Waals surface area contributed by atoms with Gasteiger partial charge in [0.2, 0.25) is 0 Å². The number of hydrogen-bond donors (Lipinski definition) is 2. The molecule has 1 aromatic heterocycles. The molecular weight excluding hydrogens is 285 g/mol. The zero-order valence-corrected chi connectivity index (χ0v) is 12.4. The van der Waals surface area contributed by atoms with Crippen molar-refractivity contribution in [3.63, 3.8) is 0 Å². The predicted molar refractivity (Wildman–Crippen MR) is 74.0 cm³/mol. The first-order valence-corrected chi connectivity index (χ1v) is 6.86. The van der Waals surface area contributed by atoms with E-state index >= 15 is 0 Å². The summed E-state index contributed by atoms with van der Waals surface area (Å²) >= 11 is 0. The lowest BCUT2D eigenvalue weighted by atomic mass is 10.0. The summed E-state index contributed by atoms with van der Waals surface area (Å²) in [5, 5.41) is 8.76. The summed E-state index contributed by atoms with van der Waals surface area (Å²) in [5.74, 6) is 0.495. The zero-order valence-electron chi connectivity index (χ0n) is 12.4. The molecule has 0 aliphatic carbocycles. The van der Waals surface area contributed by atoms with Crippen LogP contribution in [0.1, 0.15) is 33.6 Å². The Morgan fingerprint density at radius 1 is 1.43 bits per heavy atom. The number of nitrogens with zero attached hydrogens (tertiary/aromatic N) is 2. The number of nitrogens with one attached hydrogen (secondary N) is 2. The lowest BCUT2D eigenvalue weighted by Gasteiger charge is -2.17. The molecule has 1 rings (SSSR count). The number of carbonyl (C=O) groups is 1. The van der Waals surface area contributed by atoms with Gasteiger partial charge in [-0.15, -0.1) is 0 Å². The van der Waals surface area contributed by atoms with E-state index in [2.05, 4.69) is 29.6 Å². The third kappa shape index (κ3) is 7.01. The van der Waals surface area contributed by atoms with Crippen LogP contribution in [0.2, 0.25) is 0 Å². The molecule has 2 amide bonds. The van der Waals surface area contributed by atoms with Crippen molar-refractivity contribution >= 4 is 11.7 Å². The summed E-state index contributed by atoms with van der Waals surface area (Å²) in [4.78, 5) is 11.7. The minimum atomic E-state index is -4.34. The highest BCUT2D eigenvalue weighted by Crippen LogP contribution is 2.18. The second-order valence-corrected chi connectivity index (χ2v) is 5.29. The van der Waals surface area contributed by atoms with Gasteiger partial charge in [0, 0.05) is 12.2 Å². The molecule has 1 aromatic rings. The maximum atomic E-state index is 12.2. The monoisotopic (exact) mass is 306 g/mol. The van der Waals surface area contributed by atoms with Crippen LogP contribution in [0.4, 0.5) is 23.7 Å². The van der Waals surface area contributed by atoms with Gasteiger partial charge in [-0.3, -0.25) is 4.68 Å². The van der Waals surface area contributed by atoms with Crippen LogP contribution >= 0.6 is 0 Å². The average molecular weight is 306 g/mol. The Morgan fingerprint density at radius 3 is 2.67 bits per heavy atom. The lowest BCUT2D eigenvalue weighted by Crippen LogP contribution is -2.36. The highest BCUT2D eigenvalue weighted by molar-refractivity contribution is 5.89. The van der Waals surface area contributed by atoms with Crippen LogP contribution in [0.15, 0.2) is 12.4 Å². The third-order valence-electron chi connectivity index (χ3n) is 3.06. The van der Waals surface area contributed by atoms with Crippen LogP contribution in [0.3, 0.4) is 0 Å². The van der Waals surface area contributed by atoms with E-state index < -0.39 is 18.8 Å². The molecule has 0 aliphatic heterocycles. The second-order valence-electron chi connectivity index (χ2n) is 5.29. The SMILES string of the molecule is CC[C@@H](C)C[C@H](C)NC(=O)Nc1cnn(CC(F)(F)F)c1. The van der Waals surface area contributed by atoms with Gasteiger partial charge in [0.05, 0.1) is 11.9 Å². The van der Waals surface area contributed by atoms with Crippen molar-refractivity contribution in [2.24, 2.45) is 5.92 Å². The van der Waals surface area contributed by atoms with Gasteiger partial charge >= 0.3 is 12.2 Å². The van der Waals surface area contributed by atoms with E-state index in [1.807, 2.05) is 6.92 Å². The molecule has 8 heteroatoms. The van der Waals surface area contributed by atoms with Gasteiger partial charge in [0.15, 0.2) is 0 Å². The highest BCUT2D eigenvalue weighted by atomic mass is 19.4. The molecule has 21 heavy (non-hydrogen) atoms. The molecular formula is C13H21F3N4O. The first-order valence-electron chi connectivity index (χ1n) is 6.86. The summed E-state index contributed by atoms with van der Waals surface area (Å²) in [6.07, 6.45) is -0.136. The quantitative estimate of drug-likeness (QED) is 0.846. The Bertz CT molecular complexity index is 459. The summed E-state index contributed by atoms with van der Waals surface area (Å²) in [6, 6.07) is -0.456. The standard InChI is InChI=1S/C13H21F3N4O/c1-4-9(2)5-10(3)18-12(21)19-11-6-17-20(7-11)8-13(14,15)16/h6-7,9-10H,4-5,8H2,1-3H3,(H2,18,19,21)/t9-,10+/m1/s1. The van der Waals surface area contributed by atoms with Crippen molar-refractivity contribution in [2.75, 3.05) is 5.32 Å². The Kier molecular flexibility index (Phi) is 6.04. The summed E-state index contributed by atoms with van der Waals surface area (Å²) < 4.78 is 37.3. The number of halogens is 3. The molecule has 0 fully saturated rings. The van der Waals surface area contributed by atoms with Crippen molar-refractivity contribution in [3.8, 4) is 0 Å². The lowest BCUT2D eigenvalue weighted by molar-refractivity contribution is -0.142. The maximum Gasteiger partial charge on any atom is 0.408 e. The summed E-state index contributed by atoms with van der Waals surface area (Å²) in [7, 11) is 0. The van der Waals surface area contributed by atoms with Crippen molar-refractivity contribution in [1.29, 1.82) is 0 Å². The topological polar surface area (TPSA) is 59.0 Å². The first kappa shape index (κ1) is 17.3. The number of hydrogen-bond acceptors (Lipinski definition) is 2. The van der Waals surface area contributed by atoms with Gasteiger partial charge in [-0.2, -0.15) is 18.3 Å². The molecule has 0 bridgehead atoms. The minimum Gasteiger partial charge on any atom is -0.335 e. The van der Waals surface area contributed by atoms with Gasteiger partial charge < -0.3 is 10.6 Å². The second kappa shape index (κ2) is 7.33. The van der Waals surface area contributed by atoms with E-state index in [1.165, 1.54) is 6.20 Å². The molecule has 2 atom stereocenters. The first-order chi connectivity index (χ1) is 9.69. The fourth-order valence-electron chi connectivity index (χ4n) is 1.92. The van der Waals surface area contributed by atoms with E-state index in [1.54, 1.807) is 0 Å². The van der Waals surface area contributed by atoms with Crippen LogP contribution < -0.4 is 10.6 Å². The molecule has 0 unspecified atom stereocenters. The van der Waals surface area contributed by atoms with Crippen LogP contribution in [-0.2, 0) is 6.54 Å². The molecule has 0 radical (unpaired) electrons. The van der Waals surface area contributed by atoms with E-state index in [-0.39, 0.29) is 11.7 Å². The van der Waals surface area contributed by atoms with Crippen LogP contribution in [0.5, 0.6) is 0 Å². The molecule has 2 N–H and O–H groups in total. The summed E-state index contributed by atoms with van der Waals surface area (Å²) in [6.45, 7) is 4.88. The molecule has 0 saturated heterocycles. The van der Waals surface area contributed by atoms with Crippen LogP contribution in [0, 0.1) is 5.92 Å². The van der Waals surface area contributed by atoms with E-state index in [4.69, 9.17) is 0 Å². The molecule has 0 aliphatic rings. The van der Waals surface area contributed by atoms with E-state index in [9.17, 15) is 18.0 Å². The number of anilines is 1. The number of amides is 2. The largest absolute Gasteiger partial charge is 0.408 e.